The van der Waals surface area contributed by atoms with Gasteiger partial charge in [0.25, 0.3) is 5.91 Å². The number of carbonyl (C=O) groups is 2. The van der Waals surface area contributed by atoms with Gasteiger partial charge < -0.3 is 19.9 Å². The zero-order valence-electron chi connectivity index (χ0n) is 17.2. The van der Waals surface area contributed by atoms with Crippen LogP contribution in [0.1, 0.15) is 18.4 Å². The van der Waals surface area contributed by atoms with Crippen LogP contribution in [0.4, 0.5) is 13.2 Å². The fourth-order valence-electron chi connectivity index (χ4n) is 4.60. The molecule has 178 valence electrons. The highest BCUT2D eigenvalue weighted by atomic mass is 35.5. The topological polar surface area (TPSA) is 111 Å². The molecule has 4 N–H and O–H groups in total. The zero-order valence-corrected chi connectivity index (χ0v) is 18.1. The number of nitrogens with zero attached hydrogens (tertiary/aromatic N) is 2. The van der Waals surface area contributed by atoms with Gasteiger partial charge >= 0.3 is 18.1 Å². The number of H-pyrrole nitrogens is 1. The van der Waals surface area contributed by atoms with Gasteiger partial charge in [0.15, 0.2) is 0 Å². The molecule has 1 amide bonds. The first-order valence-electron chi connectivity index (χ1n) is 10.3. The van der Waals surface area contributed by atoms with Gasteiger partial charge in [-0.1, -0.05) is 0 Å². The van der Waals surface area contributed by atoms with E-state index in [0.29, 0.717) is 17.8 Å². The van der Waals surface area contributed by atoms with Gasteiger partial charge in [-0.15, -0.1) is 12.4 Å². The van der Waals surface area contributed by atoms with Crippen LogP contribution in [0.25, 0.3) is 17.1 Å². The summed E-state index contributed by atoms with van der Waals surface area (Å²) in [6.07, 6.45) is 1.24. The van der Waals surface area contributed by atoms with Gasteiger partial charge in [0.2, 0.25) is 0 Å². The van der Waals surface area contributed by atoms with Crippen molar-refractivity contribution in [1.29, 1.82) is 0 Å². The van der Waals surface area contributed by atoms with E-state index in [4.69, 9.17) is 4.74 Å². The molecule has 4 fully saturated rings. The fourth-order valence-corrected chi connectivity index (χ4v) is 4.60. The second-order valence-corrected chi connectivity index (χ2v) is 8.24. The molecule has 9 nitrogen and oxygen atoms in total. The number of aromatic nitrogens is 2. The van der Waals surface area contributed by atoms with Crippen molar-refractivity contribution in [3.63, 3.8) is 0 Å². The van der Waals surface area contributed by atoms with Crippen LogP contribution in [-0.4, -0.2) is 64.6 Å². The summed E-state index contributed by atoms with van der Waals surface area (Å²) in [6.45, 7) is 2.41. The Morgan fingerprint density at radius 1 is 1.30 bits per heavy atom. The van der Waals surface area contributed by atoms with E-state index in [1.165, 1.54) is 6.08 Å². The maximum absolute atomic E-state index is 13.0. The van der Waals surface area contributed by atoms with Crippen LogP contribution in [-0.2, 0) is 14.3 Å². The Morgan fingerprint density at radius 3 is 2.73 bits per heavy atom. The van der Waals surface area contributed by atoms with Crippen LogP contribution in [0.3, 0.4) is 0 Å². The first-order valence-corrected chi connectivity index (χ1v) is 10.3. The van der Waals surface area contributed by atoms with Crippen LogP contribution in [0.5, 0.6) is 0 Å². The first-order chi connectivity index (χ1) is 15.2. The zero-order chi connectivity index (χ0) is 22.5. The largest absolute Gasteiger partial charge is 0.491 e. The van der Waals surface area contributed by atoms with E-state index in [9.17, 15) is 22.8 Å². The normalized spacial score (nSPS) is 30.1. The Kier molecular flexibility index (Phi) is 6.01. The van der Waals surface area contributed by atoms with Gasteiger partial charge in [0.1, 0.15) is 11.3 Å². The van der Waals surface area contributed by atoms with Gasteiger partial charge in [0, 0.05) is 35.9 Å². The van der Waals surface area contributed by atoms with E-state index >= 15 is 0 Å². The second-order valence-electron chi connectivity index (χ2n) is 8.24. The SMILES string of the molecule is Cl.O=C1NC(N[C@@H]2CN3CCC2CC3)(OC(=O)C(F)(F)F)NC1=Cc1c[nH]c2ncccc12. The Balaban J connectivity index is 0.00000259. The maximum Gasteiger partial charge on any atom is 0.491 e. The van der Waals surface area contributed by atoms with Gasteiger partial charge in [-0.25, -0.2) is 15.1 Å². The number of aromatic amines is 1. The van der Waals surface area contributed by atoms with Crippen molar-refractivity contribution in [1.82, 2.24) is 30.8 Å². The minimum atomic E-state index is -5.22. The molecule has 6 rings (SSSR count). The molecule has 0 aliphatic carbocycles. The number of ether oxygens (including phenoxy) is 1. The maximum atomic E-state index is 13.0. The summed E-state index contributed by atoms with van der Waals surface area (Å²) in [5.41, 5.74) is 1.16. The van der Waals surface area contributed by atoms with E-state index < -0.39 is 24.0 Å². The van der Waals surface area contributed by atoms with Crippen molar-refractivity contribution in [3.05, 3.63) is 35.8 Å². The third-order valence-corrected chi connectivity index (χ3v) is 6.15. The van der Waals surface area contributed by atoms with Gasteiger partial charge in [-0.05, 0) is 50.1 Å². The van der Waals surface area contributed by atoms with Crippen LogP contribution in [0.2, 0.25) is 0 Å². The molecule has 0 radical (unpaired) electrons. The summed E-state index contributed by atoms with van der Waals surface area (Å²) in [6, 6.07) is 3.26. The Hall–Kier alpha value is -2.83. The lowest BCUT2D eigenvalue weighted by Gasteiger charge is -2.47. The van der Waals surface area contributed by atoms with Gasteiger partial charge in [-0.2, -0.15) is 13.2 Å². The molecule has 0 aromatic carbocycles. The van der Waals surface area contributed by atoms with Crippen LogP contribution in [0.15, 0.2) is 30.2 Å². The van der Waals surface area contributed by atoms with Crippen molar-refractivity contribution in [3.8, 4) is 0 Å². The molecule has 0 spiro atoms. The monoisotopic (exact) mass is 486 g/mol. The highest BCUT2D eigenvalue weighted by Crippen LogP contribution is 2.30. The number of esters is 1. The molecule has 2 aromatic rings. The number of hydrogen-bond donors (Lipinski definition) is 4. The number of pyridine rings is 1. The smallest absolute Gasteiger partial charge is 0.399 e. The average Bonchev–Trinajstić information content (AvgIpc) is 3.29. The predicted molar refractivity (Wildman–Crippen MR) is 114 cm³/mol. The van der Waals surface area contributed by atoms with Gasteiger partial charge in [0.05, 0.1) is 0 Å². The number of rotatable bonds is 4. The Morgan fingerprint density at radius 2 is 2.06 bits per heavy atom. The van der Waals surface area contributed by atoms with E-state index in [0.717, 1.165) is 31.3 Å². The van der Waals surface area contributed by atoms with E-state index in [1.54, 1.807) is 24.5 Å². The molecule has 4 aliphatic heterocycles. The standard InChI is InChI=1S/C20H21F3N6O3.ClH/c21-19(22,23)18(31)32-20(27-15-10-29-6-3-11(15)4-7-29)26-14(17(30)28-20)8-12-9-25-16-13(12)2-1-5-24-16;/h1-2,5,8-9,11,15,26-27H,3-4,6-7,10H2,(H,24,25)(H,28,30);1H/t15-,20?;/m1./s1. The molecule has 1 unspecified atom stereocenters. The van der Waals surface area contributed by atoms with E-state index in [-0.39, 0.29) is 30.1 Å². The second kappa shape index (κ2) is 8.50. The highest BCUT2D eigenvalue weighted by molar-refractivity contribution is 6.02. The van der Waals surface area contributed by atoms with Crippen molar-refractivity contribution in [2.24, 2.45) is 5.92 Å². The average molecular weight is 487 g/mol. The summed E-state index contributed by atoms with van der Waals surface area (Å²) in [5, 5.41) is 8.71. The molecule has 2 aromatic heterocycles. The third kappa shape index (κ3) is 4.50. The van der Waals surface area contributed by atoms with Crippen LogP contribution in [0, 0.1) is 5.92 Å². The molecule has 0 saturated carbocycles. The fraction of sp³-hybridized carbons (Fsp3) is 0.450. The summed E-state index contributed by atoms with van der Waals surface area (Å²) in [5.74, 6) is -5.11. The van der Waals surface area contributed by atoms with Gasteiger partial charge in [-0.3, -0.25) is 10.1 Å². The van der Waals surface area contributed by atoms with Crippen molar-refractivity contribution < 1.29 is 27.5 Å². The van der Waals surface area contributed by atoms with Crippen molar-refractivity contribution in [2.45, 2.75) is 31.0 Å². The molecular formula is C20H22ClF3N6O3. The molecule has 13 heteroatoms. The quantitative estimate of drug-likeness (QED) is 0.294. The number of fused-ring (bicyclic) bond motifs is 4. The number of nitrogens with one attached hydrogen (secondary N) is 4. The number of alkyl halides is 3. The third-order valence-electron chi connectivity index (χ3n) is 6.15. The molecular weight excluding hydrogens is 465 g/mol. The van der Waals surface area contributed by atoms with Crippen LogP contribution >= 0.6 is 12.4 Å². The number of carbonyl (C=O) groups excluding carboxylic acids is 2. The predicted octanol–water partition coefficient (Wildman–Crippen LogP) is 1.45. The summed E-state index contributed by atoms with van der Waals surface area (Å²) < 4.78 is 43.8. The number of amides is 1. The lowest BCUT2D eigenvalue weighted by molar-refractivity contribution is -0.223. The molecule has 6 heterocycles. The van der Waals surface area contributed by atoms with Crippen LogP contribution < -0.4 is 16.0 Å². The summed E-state index contributed by atoms with van der Waals surface area (Å²) in [7, 11) is 0. The lowest BCUT2D eigenvalue weighted by atomic mass is 9.84. The molecule has 4 aliphatic rings. The molecule has 2 bridgehead atoms. The number of halogens is 4. The summed E-state index contributed by atoms with van der Waals surface area (Å²) >= 11 is 0. The Bertz CT molecular complexity index is 1100. The first kappa shape index (κ1) is 23.3. The minimum Gasteiger partial charge on any atom is -0.399 e. The number of hydrogen-bond acceptors (Lipinski definition) is 7. The highest BCUT2D eigenvalue weighted by Gasteiger charge is 2.53. The van der Waals surface area contributed by atoms with E-state index in [2.05, 4.69) is 30.8 Å². The Labute approximate surface area is 192 Å². The molecule has 4 saturated heterocycles. The van der Waals surface area contributed by atoms with Crippen molar-refractivity contribution in [2.75, 3.05) is 19.6 Å². The summed E-state index contributed by atoms with van der Waals surface area (Å²) in [4.78, 5) is 33.7. The minimum absolute atomic E-state index is 0. The lowest BCUT2D eigenvalue weighted by Crippen LogP contribution is -2.71. The number of piperidine rings is 3. The van der Waals surface area contributed by atoms with E-state index in [1.807, 2.05) is 0 Å². The molecule has 33 heavy (non-hydrogen) atoms. The van der Waals surface area contributed by atoms with Crippen molar-refractivity contribution >= 4 is 41.4 Å². The molecule has 2 atom stereocenters.